The lowest BCUT2D eigenvalue weighted by atomic mass is 10.0. The van der Waals surface area contributed by atoms with Crippen molar-refractivity contribution in [2.75, 3.05) is 52.7 Å². The predicted molar refractivity (Wildman–Crippen MR) is 220 cm³/mol. The predicted octanol–water partition coefficient (Wildman–Crippen LogP) is 11.1. The molecule has 8 nitrogen and oxygen atoms in total. The highest BCUT2D eigenvalue weighted by Gasteiger charge is 2.16. The van der Waals surface area contributed by atoms with Crippen molar-refractivity contribution in [2.45, 2.75) is 206 Å². The second-order valence-corrected chi connectivity index (χ2v) is 15.3. The van der Waals surface area contributed by atoms with Gasteiger partial charge in [-0.2, -0.15) is 0 Å². The average Bonchev–Trinajstić information content (AvgIpc) is 3.67. The van der Waals surface area contributed by atoms with E-state index in [2.05, 4.69) is 28.7 Å². The molecule has 0 bridgehead atoms. The van der Waals surface area contributed by atoms with Gasteiger partial charge in [0.05, 0.1) is 32.8 Å². The second kappa shape index (κ2) is 39.2. The molecule has 0 saturated carbocycles. The van der Waals surface area contributed by atoms with Gasteiger partial charge < -0.3 is 29.8 Å². The molecule has 1 aromatic heterocycles. The molecule has 8 heteroatoms. The fourth-order valence-electron chi connectivity index (χ4n) is 6.94. The zero-order chi connectivity index (χ0) is 37.4. The molecule has 1 unspecified atom stereocenters. The van der Waals surface area contributed by atoms with E-state index in [0.29, 0.717) is 26.2 Å². The zero-order valence-electron chi connectivity index (χ0n) is 34.5. The molecule has 1 aromatic rings. The summed E-state index contributed by atoms with van der Waals surface area (Å²) in [6.07, 6.45) is 42.9. The van der Waals surface area contributed by atoms with Gasteiger partial charge in [0.15, 0.2) is 0 Å². The minimum Gasteiger partial charge on any atom is -0.462 e. The molecule has 0 radical (unpaired) electrons. The van der Waals surface area contributed by atoms with Crippen LogP contribution in [0.4, 0.5) is 0 Å². The molecule has 0 saturated heterocycles. The van der Waals surface area contributed by atoms with E-state index in [9.17, 15) is 4.79 Å². The summed E-state index contributed by atoms with van der Waals surface area (Å²) >= 11 is 0. The minimum atomic E-state index is -0.708. The summed E-state index contributed by atoms with van der Waals surface area (Å²) in [6, 6.07) is -0.708. The molecule has 0 aliphatic heterocycles. The Morgan fingerprint density at radius 3 is 1.37 bits per heavy atom. The third-order valence-corrected chi connectivity index (χ3v) is 10.3. The first-order chi connectivity index (χ1) is 25.7. The molecule has 306 valence electrons. The maximum absolute atomic E-state index is 12.1. The van der Waals surface area contributed by atoms with Crippen LogP contribution < -0.4 is 5.73 Å². The summed E-state index contributed by atoms with van der Waals surface area (Å²) < 4.78 is 16.8. The quantitative estimate of drug-likeness (QED) is 0.0509. The van der Waals surface area contributed by atoms with Gasteiger partial charge in [0.1, 0.15) is 12.6 Å². The van der Waals surface area contributed by atoms with E-state index in [-0.39, 0.29) is 6.61 Å². The summed E-state index contributed by atoms with van der Waals surface area (Å²) in [6.45, 7) is 10.3. The Morgan fingerprint density at radius 2 is 0.962 bits per heavy atom. The summed E-state index contributed by atoms with van der Waals surface area (Å²) in [4.78, 5) is 21.6. The van der Waals surface area contributed by atoms with Gasteiger partial charge in [-0.1, -0.05) is 181 Å². The van der Waals surface area contributed by atoms with Gasteiger partial charge in [0.25, 0.3) is 0 Å². The Morgan fingerprint density at radius 1 is 0.577 bits per heavy atom. The Bertz CT molecular complexity index is 808. The number of ether oxygens (including phenoxy) is 3. The van der Waals surface area contributed by atoms with Crippen molar-refractivity contribution in [3.8, 4) is 0 Å². The molecule has 1 atom stereocenters. The summed E-state index contributed by atoms with van der Waals surface area (Å²) in [5, 5.41) is 0. The molecule has 1 rings (SSSR count). The Labute approximate surface area is 321 Å². The lowest BCUT2D eigenvalue weighted by Crippen LogP contribution is -2.35. The number of hydrogen-bond acceptors (Lipinski definition) is 7. The van der Waals surface area contributed by atoms with Crippen molar-refractivity contribution < 1.29 is 19.0 Å². The second-order valence-electron chi connectivity index (χ2n) is 15.3. The molecule has 0 spiro atoms. The van der Waals surface area contributed by atoms with E-state index >= 15 is 0 Å². The molecule has 52 heavy (non-hydrogen) atoms. The highest BCUT2D eigenvalue weighted by molar-refractivity contribution is 5.75. The lowest BCUT2D eigenvalue weighted by molar-refractivity contribution is -0.146. The van der Waals surface area contributed by atoms with Crippen LogP contribution in [0.5, 0.6) is 0 Å². The van der Waals surface area contributed by atoms with Crippen LogP contribution in [0.1, 0.15) is 199 Å². The number of nitrogens with zero attached hydrogens (tertiary/aromatic N) is 2. The van der Waals surface area contributed by atoms with Crippen molar-refractivity contribution in [1.29, 1.82) is 0 Å². The molecule has 0 aliphatic rings. The number of carbonyl (C=O) groups is 1. The van der Waals surface area contributed by atoms with E-state index < -0.39 is 12.0 Å². The number of imidazole rings is 1. The van der Waals surface area contributed by atoms with Crippen molar-refractivity contribution in [1.82, 2.24) is 14.9 Å². The van der Waals surface area contributed by atoms with Gasteiger partial charge in [0.2, 0.25) is 0 Å². The normalized spacial score (nSPS) is 12.2. The van der Waals surface area contributed by atoms with Crippen LogP contribution >= 0.6 is 0 Å². The van der Waals surface area contributed by atoms with E-state index in [4.69, 9.17) is 19.9 Å². The number of hydrogen-bond donors (Lipinski definition) is 2. The standard InChI is InChI=1S/C44H86N4O4/c1-3-5-7-9-11-13-15-17-19-21-23-25-27-29-31-48(32-30-28-26-24-22-20-18-16-14-12-10-8-6-4-2)33-34-50-35-36-51-37-38-52-44(49)43(45)39-42-40-46-41-47-42/h40-41,43H,3-39,45H2,1-2H3,(H,46,47). The molecular formula is C44H86N4O4. The van der Waals surface area contributed by atoms with Crippen molar-refractivity contribution >= 4 is 5.97 Å². The van der Waals surface area contributed by atoms with Crippen LogP contribution in [0, 0.1) is 0 Å². The fraction of sp³-hybridized carbons (Fsp3) is 0.909. The smallest absolute Gasteiger partial charge is 0.323 e. The molecule has 1 heterocycles. The summed E-state index contributed by atoms with van der Waals surface area (Å²) in [5.41, 5.74) is 6.74. The topological polar surface area (TPSA) is 103 Å². The zero-order valence-corrected chi connectivity index (χ0v) is 34.5. The first-order valence-electron chi connectivity index (χ1n) is 22.4. The van der Waals surface area contributed by atoms with Crippen LogP contribution in [0.15, 0.2) is 12.5 Å². The molecule has 3 N–H and O–H groups in total. The van der Waals surface area contributed by atoms with Gasteiger partial charge >= 0.3 is 5.97 Å². The molecule has 0 amide bonds. The van der Waals surface area contributed by atoms with E-state index in [1.165, 1.54) is 193 Å². The van der Waals surface area contributed by atoms with Gasteiger partial charge in [-0.3, -0.25) is 4.79 Å². The number of aromatic nitrogens is 2. The molecule has 0 aromatic carbocycles. The number of esters is 1. The van der Waals surface area contributed by atoms with Gasteiger partial charge in [-0.05, 0) is 25.9 Å². The highest BCUT2D eigenvalue weighted by atomic mass is 16.6. The molecule has 0 aliphatic carbocycles. The summed E-state index contributed by atoms with van der Waals surface area (Å²) in [5.74, 6) is -0.424. The number of aromatic amines is 1. The number of H-pyrrole nitrogens is 1. The third kappa shape index (κ3) is 33.1. The maximum atomic E-state index is 12.1. The monoisotopic (exact) mass is 735 g/mol. The Hall–Kier alpha value is -1.48. The number of unbranched alkanes of at least 4 members (excludes halogenated alkanes) is 26. The first-order valence-corrected chi connectivity index (χ1v) is 22.4. The van der Waals surface area contributed by atoms with Crippen molar-refractivity contribution in [2.24, 2.45) is 5.73 Å². The fourth-order valence-corrected chi connectivity index (χ4v) is 6.94. The van der Waals surface area contributed by atoms with E-state index in [1.54, 1.807) is 12.5 Å². The minimum absolute atomic E-state index is 0.196. The summed E-state index contributed by atoms with van der Waals surface area (Å²) in [7, 11) is 0. The van der Waals surface area contributed by atoms with Crippen LogP contribution in [0.25, 0.3) is 0 Å². The number of nitrogens with two attached hydrogens (primary N) is 1. The Kier molecular flexibility index (Phi) is 36.6. The van der Waals surface area contributed by atoms with Crippen molar-refractivity contribution in [3.05, 3.63) is 18.2 Å². The maximum Gasteiger partial charge on any atom is 0.323 e. The number of carbonyl (C=O) groups excluding carboxylic acids is 1. The average molecular weight is 735 g/mol. The molecular weight excluding hydrogens is 649 g/mol. The molecule has 0 fully saturated rings. The largest absolute Gasteiger partial charge is 0.462 e. The van der Waals surface area contributed by atoms with Crippen LogP contribution in [0.2, 0.25) is 0 Å². The first kappa shape index (κ1) is 48.5. The van der Waals surface area contributed by atoms with Gasteiger partial charge in [0, 0.05) is 24.9 Å². The van der Waals surface area contributed by atoms with Crippen LogP contribution in [0.3, 0.4) is 0 Å². The van der Waals surface area contributed by atoms with E-state index in [1.807, 2.05) is 0 Å². The van der Waals surface area contributed by atoms with Gasteiger partial charge in [-0.25, -0.2) is 4.98 Å². The van der Waals surface area contributed by atoms with E-state index in [0.717, 1.165) is 18.8 Å². The van der Waals surface area contributed by atoms with Gasteiger partial charge in [-0.15, -0.1) is 0 Å². The lowest BCUT2D eigenvalue weighted by Gasteiger charge is -2.22. The third-order valence-electron chi connectivity index (χ3n) is 10.3. The SMILES string of the molecule is CCCCCCCCCCCCCCCCN(CCCCCCCCCCCCCCCC)CCOCCOCCOC(=O)C(N)Cc1cnc[nH]1. The van der Waals surface area contributed by atoms with Crippen molar-refractivity contribution in [3.63, 3.8) is 0 Å². The van der Waals surface area contributed by atoms with Crippen LogP contribution in [-0.2, 0) is 25.4 Å². The van der Waals surface area contributed by atoms with Crippen LogP contribution in [-0.4, -0.2) is 79.5 Å². The Balaban J connectivity index is 2.12. The number of nitrogens with one attached hydrogen (secondary N) is 1. The highest BCUT2D eigenvalue weighted by Crippen LogP contribution is 2.15. The number of rotatable bonds is 42.